The van der Waals surface area contributed by atoms with Crippen LogP contribution in [0, 0.1) is 0 Å². The molecule has 0 unspecified atom stereocenters. The summed E-state index contributed by atoms with van der Waals surface area (Å²) in [4.78, 5) is 6.81. The fourth-order valence-corrected chi connectivity index (χ4v) is 2.41. The molecule has 3 rings (SSSR count). The van der Waals surface area contributed by atoms with Crippen molar-refractivity contribution in [1.29, 1.82) is 0 Å². The third kappa shape index (κ3) is 2.11. The molecule has 0 bridgehead atoms. The Bertz CT molecular complexity index is 532. The summed E-state index contributed by atoms with van der Waals surface area (Å²) in [6.07, 6.45) is 3.86. The zero-order valence-electron chi connectivity index (χ0n) is 10.6. The van der Waals surface area contributed by atoms with Crippen molar-refractivity contribution in [3.63, 3.8) is 0 Å². The maximum atomic E-state index is 4.41. The van der Waals surface area contributed by atoms with Gasteiger partial charge in [0.15, 0.2) is 0 Å². The van der Waals surface area contributed by atoms with E-state index in [0.717, 1.165) is 32.0 Å². The molecule has 1 aromatic carbocycles. The van der Waals surface area contributed by atoms with E-state index in [0.29, 0.717) is 0 Å². The van der Waals surface area contributed by atoms with Crippen molar-refractivity contribution < 1.29 is 0 Å². The summed E-state index contributed by atoms with van der Waals surface area (Å²) in [7, 11) is 2.05. The number of hydrogen-bond acceptors (Lipinski definition) is 3. The van der Waals surface area contributed by atoms with Crippen LogP contribution in [0.3, 0.4) is 0 Å². The van der Waals surface area contributed by atoms with Crippen LogP contribution >= 0.6 is 0 Å². The lowest BCUT2D eigenvalue weighted by Crippen LogP contribution is -2.29. The van der Waals surface area contributed by atoms with Gasteiger partial charge in [0.05, 0.1) is 6.54 Å². The van der Waals surface area contributed by atoms with Crippen LogP contribution in [0.1, 0.15) is 11.4 Å². The number of anilines is 1. The number of benzene rings is 1. The Morgan fingerprint density at radius 3 is 3.06 bits per heavy atom. The molecule has 0 radical (unpaired) electrons. The average molecular weight is 242 g/mol. The van der Waals surface area contributed by atoms with Gasteiger partial charge in [0.2, 0.25) is 0 Å². The van der Waals surface area contributed by atoms with Gasteiger partial charge in [0.1, 0.15) is 5.82 Å². The van der Waals surface area contributed by atoms with Gasteiger partial charge in [-0.1, -0.05) is 18.2 Å². The number of aromatic nitrogens is 2. The summed E-state index contributed by atoms with van der Waals surface area (Å²) in [5, 5.41) is 3.46. The normalized spacial score (nSPS) is 15.3. The first kappa shape index (κ1) is 11.3. The highest BCUT2D eigenvalue weighted by Gasteiger charge is 2.15. The van der Waals surface area contributed by atoms with E-state index < -0.39 is 0 Å². The van der Waals surface area contributed by atoms with Gasteiger partial charge in [-0.2, -0.15) is 0 Å². The number of nitrogens with one attached hydrogen (secondary N) is 1. The molecule has 0 fully saturated rings. The number of nitrogens with zero attached hydrogens (tertiary/aromatic N) is 3. The third-order valence-corrected chi connectivity index (χ3v) is 3.46. The molecule has 0 saturated heterocycles. The summed E-state index contributed by atoms with van der Waals surface area (Å²) >= 11 is 0. The largest absolute Gasteiger partial charge is 0.363 e. The molecular formula is C14H18N4. The lowest BCUT2D eigenvalue weighted by molar-refractivity contribution is 0.669. The molecule has 1 aromatic heterocycles. The molecule has 1 aliphatic heterocycles. The first-order valence-electron chi connectivity index (χ1n) is 6.34. The van der Waals surface area contributed by atoms with E-state index in [2.05, 4.69) is 44.0 Å². The number of hydrogen-bond donors (Lipinski definition) is 1. The molecule has 0 aliphatic carbocycles. The van der Waals surface area contributed by atoms with Gasteiger partial charge in [-0.15, -0.1) is 0 Å². The maximum Gasteiger partial charge on any atom is 0.127 e. The Balaban J connectivity index is 1.90. The molecule has 18 heavy (non-hydrogen) atoms. The molecule has 94 valence electrons. The van der Waals surface area contributed by atoms with E-state index in [1.807, 2.05) is 19.4 Å². The smallest absolute Gasteiger partial charge is 0.127 e. The van der Waals surface area contributed by atoms with E-state index in [4.69, 9.17) is 0 Å². The zero-order valence-corrected chi connectivity index (χ0v) is 10.6. The number of fused-ring (bicyclic) bond motifs is 1. The van der Waals surface area contributed by atoms with Crippen LogP contribution in [0.2, 0.25) is 0 Å². The lowest BCUT2D eigenvalue weighted by atomic mass is 10.1. The fourth-order valence-electron chi connectivity index (χ4n) is 2.41. The van der Waals surface area contributed by atoms with Crippen molar-refractivity contribution >= 4 is 5.69 Å². The second-order valence-corrected chi connectivity index (χ2v) is 4.68. The van der Waals surface area contributed by atoms with Gasteiger partial charge in [-0.25, -0.2) is 4.98 Å². The van der Waals surface area contributed by atoms with Crippen LogP contribution < -0.4 is 10.2 Å². The van der Waals surface area contributed by atoms with E-state index >= 15 is 0 Å². The van der Waals surface area contributed by atoms with Crippen LogP contribution in [0.5, 0.6) is 0 Å². The summed E-state index contributed by atoms with van der Waals surface area (Å²) in [6.45, 7) is 3.85. The molecule has 2 aromatic rings. The highest BCUT2D eigenvalue weighted by atomic mass is 15.2. The van der Waals surface area contributed by atoms with E-state index in [1.165, 1.54) is 11.3 Å². The molecule has 4 nitrogen and oxygen atoms in total. The quantitative estimate of drug-likeness (QED) is 0.867. The molecule has 0 amide bonds. The predicted molar refractivity (Wildman–Crippen MR) is 72.4 cm³/mol. The minimum atomic E-state index is 0.863. The number of imidazole rings is 1. The Morgan fingerprint density at radius 1 is 1.33 bits per heavy atom. The Hall–Kier alpha value is -1.81. The molecule has 1 N–H and O–H groups in total. The van der Waals surface area contributed by atoms with Crippen molar-refractivity contribution in [2.45, 2.75) is 13.1 Å². The zero-order chi connectivity index (χ0) is 12.4. The standard InChI is InChI=1S/C14H18N4/c1-17-8-7-16-14(17)11-18-9-6-15-10-12-4-2-3-5-13(12)18/h2-5,7-8,15H,6,9-11H2,1H3. The SMILES string of the molecule is Cn1ccnc1CN1CCNCc2ccccc21. The lowest BCUT2D eigenvalue weighted by Gasteiger charge is -2.24. The topological polar surface area (TPSA) is 33.1 Å². The minimum absolute atomic E-state index is 0.863. The monoisotopic (exact) mass is 242 g/mol. The number of aryl methyl sites for hydroxylation is 1. The molecule has 0 spiro atoms. The maximum absolute atomic E-state index is 4.41. The summed E-state index contributed by atoms with van der Waals surface area (Å²) < 4.78 is 2.08. The van der Waals surface area contributed by atoms with E-state index in [-0.39, 0.29) is 0 Å². The van der Waals surface area contributed by atoms with Gasteiger partial charge >= 0.3 is 0 Å². The Labute approximate surface area is 107 Å². The van der Waals surface area contributed by atoms with Crippen LogP contribution in [0.25, 0.3) is 0 Å². The van der Waals surface area contributed by atoms with Crippen molar-refractivity contribution in [3.05, 3.63) is 48.0 Å². The fraction of sp³-hybridized carbons (Fsp3) is 0.357. The van der Waals surface area contributed by atoms with Crippen molar-refractivity contribution in [1.82, 2.24) is 14.9 Å². The van der Waals surface area contributed by atoms with Crippen LogP contribution in [0.15, 0.2) is 36.7 Å². The van der Waals surface area contributed by atoms with Gasteiger partial charge in [-0.3, -0.25) is 0 Å². The summed E-state index contributed by atoms with van der Waals surface area (Å²) in [6, 6.07) is 8.60. The predicted octanol–water partition coefficient (Wildman–Crippen LogP) is 1.53. The Morgan fingerprint density at radius 2 is 2.22 bits per heavy atom. The molecule has 4 heteroatoms. The number of rotatable bonds is 2. The Kier molecular flexibility index (Phi) is 3.02. The molecule has 0 atom stereocenters. The van der Waals surface area contributed by atoms with Crippen molar-refractivity contribution in [2.75, 3.05) is 18.0 Å². The minimum Gasteiger partial charge on any atom is -0.363 e. The highest BCUT2D eigenvalue weighted by molar-refractivity contribution is 5.54. The second kappa shape index (κ2) is 4.82. The summed E-state index contributed by atoms with van der Waals surface area (Å²) in [5.74, 6) is 1.10. The average Bonchev–Trinajstić information content (AvgIpc) is 2.68. The van der Waals surface area contributed by atoms with E-state index in [9.17, 15) is 0 Å². The first-order valence-corrected chi connectivity index (χ1v) is 6.34. The van der Waals surface area contributed by atoms with Crippen molar-refractivity contribution in [3.8, 4) is 0 Å². The van der Waals surface area contributed by atoms with Gasteiger partial charge in [0, 0.05) is 44.8 Å². The first-order chi connectivity index (χ1) is 8.84. The molecule has 2 heterocycles. The van der Waals surface area contributed by atoms with Gasteiger partial charge < -0.3 is 14.8 Å². The van der Waals surface area contributed by atoms with Gasteiger partial charge in [-0.05, 0) is 11.6 Å². The van der Waals surface area contributed by atoms with Gasteiger partial charge in [0.25, 0.3) is 0 Å². The summed E-state index contributed by atoms with van der Waals surface area (Å²) in [5.41, 5.74) is 2.69. The van der Waals surface area contributed by atoms with Crippen LogP contribution in [-0.4, -0.2) is 22.6 Å². The van der Waals surface area contributed by atoms with E-state index in [1.54, 1.807) is 0 Å². The number of para-hydroxylation sites is 1. The molecule has 1 aliphatic rings. The molecule has 0 saturated carbocycles. The second-order valence-electron chi connectivity index (χ2n) is 4.68. The van der Waals surface area contributed by atoms with Crippen molar-refractivity contribution in [2.24, 2.45) is 7.05 Å². The third-order valence-electron chi connectivity index (χ3n) is 3.46. The van der Waals surface area contributed by atoms with Crippen LogP contribution in [-0.2, 0) is 20.1 Å². The molecular weight excluding hydrogens is 224 g/mol. The van der Waals surface area contributed by atoms with Crippen LogP contribution in [0.4, 0.5) is 5.69 Å². The highest BCUT2D eigenvalue weighted by Crippen LogP contribution is 2.23.